The Hall–Kier alpha value is -1.02. The third-order valence-electron chi connectivity index (χ3n) is 4.14. The van der Waals surface area contributed by atoms with E-state index >= 15 is 0 Å². The lowest BCUT2D eigenvalue weighted by molar-refractivity contribution is 0.377. The molecule has 0 amide bonds. The predicted octanol–water partition coefficient (Wildman–Crippen LogP) is 4.23. The van der Waals surface area contributed by atoms with E-state index in [9.17, 15) is 0 Å². The molecule has 2 unspecified atom stereocenters. The van der Waals surface area contributed by atoms with E-state index in [-0.39, 0.29) is 0 Å². The van der Waals surface area contributed by atoms with Gasteiger partial charge in [0, 0.05) is 17.6 Å². The molecule has 106 valence electrons. The van der Waals surface area contributed by atoms with Crippen LogP contribution in [-0.4, -0.2) is 13.2 Å². The Bertz CT molecular complexity index is 412. The number of aryl methyl sites for hydroxylation is 1. The van der Waals surface area contributed by atoms with E-state index in [1.54, 1.807) is 7.11 Å². The number of benzene rings is 1. The highest BCUT2D eigenvalue weighted by molar-refractivity contribution is 5.38. The topological polar surface area (TPSA) is 21.3 Å². The number of nitrogens with one attached hydrogen (secondary N) is 1. The van der Waals surface area contributed by atoms with Gasteiger partial charge in [-0.05, 0) is 38.7 Å². The first-order valence-electron chi connectivity index (χ1n) is 7.54. The number of hydrogen-bond acceptors (Lipinski definition) is 2. The van der Waals surface area contributed by atoms with E-state index in [4.69, 9.17) is 4.74 Å². The van der Waals surface area contributed by atoms with Crippen LogP contribution in [0.2, 0.25) is 0 Å². The number of rotatable bonds is 7. The van der Waals surface area contributed by atoms with Crippen LogP contribution < -0.4 is 10.1 Å². The summed E-state index contributed by atoms with van der Waals surface area (Å²) in [6, 6.07) is 7.40. The van der Waals surface area contributed by atoms with Crippen LogP contribution in [0.3, 0.4) is 0 Å². The molecule has 0 aromatic heterocycles. The molecule has 0 bridgehead atoms. The molecule has 1 aromatic rings. The van der Waals surface area contributed by atoms with Gasteiger partial charge < -0.3 is 10.1 Å². The minimum atomic E-state index is 0.346. The molecule has 0 spiro atoms. The summed E-state index contributed by atoms with van der Waals surface area (Å²) in [6.45, 7) is 6.66. The molecule has 1 aromatic carbocycles. The van der Waals surface area contributed by atoms with Gasteiger partial charge in [-0.25, -0.2) is 0 Å². The molecule has 2 heteroatoms. The van der Waals surface area contributed by atoms with Crippen LogP contribution in [0.4, 0.5) is 0 Å². The Morgan fingerprint density at radius 2 is 2.11 bits per heavy atom. The van der Waals surface area contributed by atoms with Gasteiger partial charge in [-0.3, -0.25) is 0 Å². The van der Waals surface area contributed by atoms with Crippen molar-refractivity contribution in [3.8, 4) is 5.75 Å². The van der Waals surface area contributed by atoms with Gasteiger partial charge in [-0.15, -0.1) is 0 Å². The van der Waals surface area contributed by atoms with Crippen molar-refractivity contribution in [3.63, 3.8) is 0 Å². The first-order chi connectivity index (χ1) is 9.13. The summed E-state index contributed by atoms with van der Waals surface area (Å²) in [5.41, 5.74) is 2.57. The summed E-state index contributed by atoms with van der Waals surface area (Å²) >= 11 is 0. The van der Waals surface area contributed by atoms with Crippen LogP contribution >= 0.6 is 0 Å². The van der Waals surface area contributed by atoms with E-state index in [1.165, 1.54) is 36.8 Å². The van der Waals surface area contributed by atoms with Gasteiger partial charge in [0.15, 0.2) is 0 Å². The largest absolute Gasteiger partial charge is 0.496 e. The number of hydrogen-bond donors (Lipinski definition) is 1. The molecule has 2 nitrogen and oxygen atoms in total. The van der Waals surface area contributed by atoms with Crippen LogP contribution in [0.15, 0.2) is 18.2 Å². The van der Waals surface area contributed by atoms with Crippen LogP contribution in [-0.2, 0) is 0 Å². The fraction of sp³-hybridized carbons (Fsp3) is 0.647. The molecule has 0 saturated heterocycles. The van der Waals surface area contributed by atoms with Crippen molar-refractivity contribution in [2.24, 2.45) is 5.92 Å². The Morgan fingerprint density at radius 1 is 1.37 bits per heavy atom. The summed E-state index contributed by atoms with van der Waals surface area (Å²) in [7, 11) is 1.75. The normalized spacial score (nSPS) is 18.1. The fourth-order valence-corrected chi connectivity index (χ4v) is 2.74. The average Bonchev–Trinajstić information content (AvgIpc) is 3.21. The second kappa shape index (κ2) is 6.42. The average molecular weight is 261 g/mol. The summed E-state index contributed by atoms with van der Waals surface area (Å²) in [6.07, 6.45) is 5.39. The second-order valence-corrected chi connectivity index (χ2v) is 5.92. The zero-order valence-corrected chi connectivity index (χ0v) is 12.7. The van der Waals surface area contributed by atoms with Gasteiger partial charge in [0.1, 0.15) is 5.75 Å². The molecule has 2 rings (SSSR count). The van der Waals surface area contributed by atoms with Gasteiger partial charge in [0.05, 0.1) is 7.11 Å². The maximum Gasteiger partial charge on any atom is 0.123 e. The van der Waals surface area contributed by atoms with Crippen molar-refractivity contribution in [2.45, 2.75) is 58.5 Å². The third-order valence-corrected chi connectivity index (χ3v) is 4.14. The molecule has 0 aliphatic heterocycles. The standard InChI is InChI=1S/C17H27NO/c1-5-15(11-14-7-8-14)18-13(3)16-10-12(2)6-9-17(16)19-4/h6,9-10,13-15,18H,5,7-8,11H2,1-4H3. The maximum atomic E-state index is 5.49. The molecular weight excluding hydrogens is 234 g/mol. The van der Waals surface area contributed by atoms with Gasteiger partial charge in [-0.2, -0.15) is 0 Å². The van der Waals surface area contributed by atoms with Gasteiger partial charge >= 0.3 is 0 Å². The summed E-state index contributed by atoms with van der Waals surface area (Å²) < 4.78 is 5.49. The Kier molecular flexibility index (Phi) is 4.87. The van der Waals surface area contributed by atoms with Gasteiger partial charge in [0.25, 0.3) is 0 Å². The van der Waals surface area contributed by atoms with E-state index in [1.807, 2.05) is 0 Å². The van der Waals surface area contributed by atoms with E-state index in [2.05, 4.69) is 44.3 Å². The summed E-state index contributed by atoms with van der Waals surface area (Å²) in [4.78, 5) is 0. The minimum Gasteiger partial charge on any atom is -0.496 e. The Morgan fingerprint density at radius 3 is 2.68 bits per heavy atom. The quantitative estimate of drug-likeness (QED) is 0.793. The highest BCUT2D eigenvalue weighted by Gasteiger charge is 2.25. The SMILES string of the molecule is CCC(CC1CC1)NC(C)c1cc(C)ccc1OC. The highest BCUT2D eigenvalue weighted by Crippen LogP contribution is 2.35. The van der Waals surface area contributed by atoms with Gasteiger partial charge in [-0.1, -0.05) is 37.5 Å². The van der Waals surface area contributed by atoms with Crippen molar-refractivity contribution in [1.29, 1.82) is 0 Å². The highest BCUT2D eigenvalue weighted by atomic mass is 16.5. The number of methoxy groups -OCH3 is 1. The van der Waals surface area contributed by atoms with Crippen molar-refractivity contribution in [3.05, 3.63) is 29.3 Å². The molecule has 1 aliphatic rings. The monoisotopic (exact) mass is 261 g/mol. The zero-order chi connectivity index (χ0) is 13.8. The van der Waals surface area contributed by atoms with E-state index in [0.717, 1.165) is 11.7 Å². The molecule has 19 heavy (non-hydrogen) atoms. The van der Waals surface area contributed by atoms with Gasteiger partial charge in [0.2, 0.25) is 0 Å². The smallest absolute Gasteiger partial charge is 0.123 e. The zero-order valence-electron chi connectivity index (χ0n) is 12.7. The molecular formula is C17H27NO. The predicted molar refractivity (Wildman–Crippen MR) is 80.7 cm³/mol. The van der Waals surface area contributed by atoms with Crippen LogP contribution in [0.1, 0.15) is 56.7 Å². The van der Waals surface area contributed by atoms with Crippen molar-refractivity contribution < 1.29 is 4.74 Å². The summed E-state index contributed by atoms with van der Waals surface area (Å²) in [5.74, 6) is 1.97. The van der Waals surface area contributed by atoms with Crippen molar-refractivity contribution >= 4 is 0 Å². The molecule has 0 radical (unpaired) electrons. The van der Waals surface area contributed by atoms with Crippen molar-refractivity contribution in [1.82, 2.24) is 5.32 Å². The van der Waals surface area contributed by atoms with E-state index < -0.39 is 0 Å². The lowest BCUT2D eigenvalue weighted by Crippen LogP contribution is -2.31. The van der Waals surface area contributed by atoms with Crippen LogP contribution in [0.25, 0.3) is 0 Å². The molecule has 1 N–H and O–H groups in total. The maximum absolute atomic E-state index is 5.49. The minimum absolute atomic E-state index is 0.346. The number of ether oxygens (including phenoxy) is 1. The lowest BCUT2D eigenvalue weighted by atomic mass is 10.0. The van der Waals surface area contributed by atoms with Crippen LogP contribution in [0.5, 0.6) is 5.75 Å². The summed E-state index contributed by atoms with van der Waals surface area (Å²) in [5, 5.41) is 3.78. The van der Waals surface area contributed by atoms with E-state index in [0.29, 0.717) is 12.1 Å². The fourth-order valence-electron chi connectivity index (χ4n) is 2.74. The second-order valence-electron chi connectivity index (χ2n) is 5.92. The Labute approximate surface area is 117 Å². The molecule has 0 heterocycles. The Balaban J connectivity index is 2.04. The lowest BCUT2D eigenvalue weighted by Gasteiger charge is -2.24. The molecule has 1 saturated carbocycles. The van der Waals surface area contributed by atoms with Crippen LogP contribution in [0, 0.1) is 12.8 Å². The first kappa shape index (κ1) is 14.4. The first-order valence-corrected chi connectivity index (χ1v) is 7.54. The van der Waals surface area contributed by atoms with Crippen molar-refractivity contribution in [2.75, 3.05) is 7.11 Å². The molecule has 1 fully saturated rings. The molecule has 2 atom stereocenters. The molecule has 1 aliphatic carbocycles. The third kappa shape index (κ3) is 3.97.